The van der Waals surface area contributed by atoms with Gasteiger partial charge in [-0.1, -0.05) is 0 Å². The molecule has 1 saturated heterocycles. The molecule has 1 fully saturated rings. The maximum atomic E-state index is 12.6. The molecule has 1 aliphatic rings. The van der Waals surface area contributed by atoms with Gasteiger partial charge in [-0.2, -0.15) is 5.10 Å². The van der Waals surface area contributed by atoms with Gasteiger partial charge >= 0.3 is 0 Å². The Hall–Kier alpha value is -2.24. The Morgan fingerprint density at radius 3 is 2.81 bits per heavy atom. The summed E-state index contributed by atoms with van der Waals surface area (Å²) in [6.45, 7) is 5.39. The average molecular weight is 285 g/mol. The van der Waals surface area contributed by atoms with E-state index in [0.717, 1.165) is 37.2 Å². The summed E-state index contributed by atoms with van der Waals surface area (Å²) >= 11 is 0. The minimum absolute atomic E-state index is 0.0334. The summed E-state index contributed by atoms with van der Waals surface area (Å²) in [7, 11) is 0. The molecule has 0 aliphatic carbocycles. The zero-order valence-corrected chi connectivity index (χ0v) is 12.4. The van der Waals surface area contributed by atoms with Crippen molar-refractivity contribution in [2.45, 2.75) is 39.3 Å². The molecule has 1 atom stereocenters. The SMILES string of the molecule is Cc1cnn(CC2CCCN2C(=O)c2cnc(C)cn2)c1. The first kappa shape index (κ1) is 13.7. The second-order valence-corrected chi connectivity index (χ2v) is 5.58. The summed E-state index contributed by atoms with van der Waals surface area (Å²) in [5.41, 5.74) is 2.37. The zero-order valence-electron chi connectivity index (χ0n) is 12.4. The monoisotopic (exact) mass is 285 g/mol. The number of amides is 1. The van der Waals surface area contributed by atoms with E-state index in [2.05, 4.69) is 15.1 Å². The number of hydrogen-bond donors (Lipinski definition) is 0. The molecule has 110 valence electrons. The molecule has 0 aromatic carbocycles. The fourth-order valence-corrected chi connectivity index (χ4v) is 2.73. The van der Waals surface area contributed by atoms with Crippen LogP contribution in [0.4, 0.5) is 0 Å². The van der Waals surface area contributed by atoms with E-state index in [-0.39, 0.29) is 11.9 Å². The van der Waals surface area contributed by atoms with Crippen LogP contribution in [0.3, 0.4) is 0 Å². The second-order valence-electron chi connectivity index (χ2n) is 5.58. The number of aromatic nitrogens is 4. The first-order chi connectivity index (χ1) is 10.1. The number of hydrogen-bond acceptors (Lipinski definition) is 4. The first-order valence-corrected chi connectivity index (χ1v) is 7.22. The first-order valence-electron chi connectivity index (χ1n) is 7.22. The number of likely N-dealkylation sites (tertiary alicyclic amines) is 1. The number of carbonyl (C=O) groups is 1. The summed E-state index contributed by atoms with van der Waals surface area (Å²) < 4.78 is 1.91. The summed E-state index contributed by atoms with van der Waals surface area (Å²) in [5, 5.41) is 4.31. The highest BCUT2D eigenvalue weighted by Crippen LogP contribution is 2.20. The van der Waals surface area contributed by atoms with E-state index in [1.165, 1.54) is 0 Å². The van der Waals surface area contributed by atoms with Gasteiger partial charge in [0.15, 0.2) is 0 Å². The number of carbonyl (C=O) groups excluding carboxylic acids is 1. The number of aryl methyl sites for hydroxylation is 2. The van der Waals surface area contributed by atoms with Crippen molar-refractivity contribution in [1.29, 1.82) is 0 Å². The van der Waals surface area contributed by atoms with Gasteiger partial charge in [-0.3, -0.25) is 14.5 Å². The third-order valence-corrected chi connectivity index (χ3v) is 3.80. The average Bonchev–Trinajstić information content (AvgIpc) is 3.09. The fraction of sp³-hybridized carbons (Fsp3) is 0.467. The van der Waals surface area contributed by atoms with Gasteiger partial charge in [-0.25, -0.2) is 4.98 Å². The Bertz CT molecular complexity index is 634. The normalized spacial score (nSPS) is 18.2. The predicted octanol–water partition coefficient (Wildman–Crippen LogP) is 1.59. The van der Waals surface area contributed by atoms with E-state index in [4.69, 9.17) is 0 Å². The van der Waals surface area contributed by atoms with Crippen molar-refractivity contribution < 1.29 is 4.79 Å². The topological polar surface area (TPSA) is 63.9 Å². The van der Waals surface area contributed by atoms with Gasteiger partial charge in [0.1, 0.15) is 5.69 Å². The quantitative estimate of drug-likeness (QED) is 0.859. The van der Waals surface area contributed by atoms with Gasteiger partial charge in [0.2, 0.25) is 0 Å². The molecule has 3 heterocycles. The summed E-state index contributed by atoms with van der Waals surface area (Å²) in [5.74, 6) is -0.0334. The lowest BCUT2D eigenvalue weighted by Crippen LogP contribution is -2.38. The van der Waals surface area contributed by atoms with Crippen LogP contribution >= 0.6 is 0 Å². The predicted molar refractivity (Wildman–Crippen MR) is 77.8 cm³/mol. The van der Waals surface area contributed by atoms with Crippen LogP contribution in [-0.2, 0) is 6.54 Å². The van der Waals surface area contributed by atoms with Crippen LogP contribution in [-0.4, -0.2) is 43.1 Å². The van der Waals surface area contributed by atoms with Crippen LogP contribution in [0.15, 0.2) is 24.8 Å². The lowest BCUT2D eigenvalue weighted by Gasteiger charge is -2.24. The highest BCUT2D eigenvalue weighted by molar-refractivity contribution is 5.92. The maximum Gasteiger partial charge on any atom is 0.274 e. The maximum absolute atomic E-state index is 12.6. The minimum Gasteiger partial charge on any atom is -0.332 e. The highest BCUT2D eigenvalue weighted by atomic mass is 16.2. The molecule has 0 saturated carbocycles. The smallest absolute Gasteiger partial charge is 0.274 e. The Labute approximate surface area is 123 Å². The molecule has 1 aliphatic heterocycles. The van der Waals surface area contributed by atoms with Crippen molar-refractivity contribution in [3.05, 3.63) is 41.7 Å². The zero-order chi connectivity index (χ0) is 14.8. The lowest BCUT2D eigenvalue weighted by molar-refractivity contribution is 0.0715. The third-order valence-electron chi connectivity index (χ3n) is 3.80. The van der Waals surface area contributed by atoms with E-state index in [1.807, 2.05) is 35.8 Å². The molecule has 0 bridgehead atoms. The van der Waals surface area contributed by atoms with E-state index < -0.39 is 0 Å². The van der Waals surface area contributed by atoms with Crippen molar-refractivity contribution in [2.24, 2.45) is 0 Å². The Balaban J connectivity index is 1.74. The third kappa shape index (κ3) is 2.94. The molecule has 0 radical (unpaired) electrons. The number of rotatable bonds is 3. The molecular weight excluding hydrogens is 266 g/mol. The van der Waals surface area contributed by atoms with Gasteiger partial charge in [0.25, 0.3) is 5.91 Å². The Morgan fingerprint density at radius 2 is 2.14 bits per heavy atom. The molecule has 1 amide bonds. The van der Waals surface area contributed by atoms with Crippen LogP contribution in [0.5, 0.6) is 0 Å². The van der Waals surface area contributed by atoms with E-state index in [1.54, 1.807) is 12.4 Å². The largest absolute Gasteiger partial charge is 0.332 e. The van der Waals surface area contributed by atoms with Gasteiger partial charge in [-0.05, 0) is 32.3 Å². The van der Waals surface area contributed by atoms with Crippen molar-refractivity contribution in [3.8, 4) is 0 Å². The van der Waals surface area contributed by atoms with E-state index in [0.29, 0.717) is 5.69 Å². The van der Waals surface area contributed by atoms with Crippen molar-refractivity contribution in [3.63, 3.8) is 0 Å². The standard InChI is InChI=1S/C15H19N5O/c1-11-6-18-19(9-11)10-13-4-3-5-20(13)15(21)14-8-16-12(2)7-17-14/h6-9,13H,3-5,10H2,1-2H3. The highest BCUT2D eigenvalue weighted by Gasteiger charge is 2.30. The van der Waals surface area contributed by atoms with Crippen LogP contribution in [0.1, 0.15) is 34.6 Å². The van der Waals surface area contributed by atoms with Crippen LogP contribution in [0, 0.1) is 13.8 Å². The molecule has 6 nitrogen and oxygen atoms in total. The van der Waals surface area contributed by atoms with Crippen LogP contribution in [0.2, 0.25) is 0 Å². The molecule has 3 rings (SSSR count). The van der Waals surface area contributed by atoms with Gasteiger partial charge in [-0.15, -0.1) is 0 Å². The Kier molecular flexibility index (Phi) is 3.68. The molecule has 2 aromatic rings. The van der Waals surface area contributed by atoms with E-state index >= 15 is 0 Å². The van der Waals surface area contributed by atoms with Crippen LogP contribution < -0.4 is 0 Å². The fourth-order valence-electron chi connectivity index (χ4n) is 2.73. The van der Waals surface area contributed by atoms with Crippen molar-refractivity contribution in [1.82, 2.24) is 24.6 Å². The van der Waals surface area contributed by atoms with Gasteiger partial charge in [0.05, 0.1) is 30.7 Å². The molecule has 0 spiro atoms. The second kappa shape index (κ2) is 5.63. The Morgan fingerprint density at radius 1 is 1.29 bits per heavy atom. The molecule has 1 unspecified atom stereocenters. The van der Waals surface area contributed by atoms with Gasteiger partial charge < -0.3 is 4.90 Å². The molecular formula is C15H19N5O. The van der Waals surface area contributed by atoms with Crippen molar-refractivity contribution in [2.75, 3.05) is 6.54 Å². The molecule has 6 heteroatoms. The number of nitrogens with zero attached hydrogens (tertiary/aromatic N) is 5. The summed E-state index contributed by atoms with van der Waals surface area (Å²) in [6.07, 6.45) is 9.07. The van der Waals surface area contributed by atoms with E-state index in [9.17, 15) is 4.79 Å². The molecule has 21 heavy (non-hydrogen) atoms. The summed E-state index contributed by atoms with van der Waals surface area (Å²) in [6, 6.07) is 0.180. The molecule has 0 N–H and O–H groups in total. The lowest BCUT2D eigenvalue weighted by atomic mass is 10.2. The van der Waals surface area contributed by atoms with Gasteiger partial charge in [0, 0.05) is 18.9 Å². The van der Waals surface area contributed by atoms with Crippen molar-refractivity contribution >= 4 is 5.91 Å². The molecule has 2 aromatic heterocycles. The van der Waals surface area contributed by atoms with Crippen LogP contribution in [0.25, 0.3) is 0 Å². The minimum atomic E-state index is -0.0334. The summed E-state index contributed by atoms with van der Waals surface area (Å²) in [4.78, 5) is 22.8.